The van der Waals surface area contributed by atoms with Gasteiger partial charge in [-0.15, -0.1) is 0 Å². The van der Waals surface area contributed by atoms with E-state index in [1.807, 2.05) is 19.1 Å². The molecule has 0 fully saturated rings. The molecule has 0 saturated heterocycles. The van der Waals surface area contributed by atoms with Crippen molar-refractivity contribution in [3.05, 3.63) is 42.0 Å². The predicted octanol–water partition coefficient (Wildman–Crippen LogP) is 2.28. The molecule has 0 unspecified atom stereocenters. The van der Waals surface area contributed by atoms with Crippen LogP contribution in [0.25, 0.3) is 0 Å². The smallest absolute Gasteiger partial charge is 0.0314 e. The highest BCUT2D eigenvalue weighted by Crippen LogP contribution is 2.08. The van der Waals surface area contributed by atoms with Gasteiger partial charge in [-0.25, -0.2) is 0 Å². The van der Waals surface area contributed by atoms with Crippen molar-refractivity contribution in [2.75, 3.05) is 19.3 Å². The molecule has 0 amide bonds. The molecule has 0 aliphatic rings. The Balaban J connectivity index is 2.51. The van der Waals surface area contributed by atoms with Crippen LogP contribution in [0, 0.1) is 0 Å². The van der Waals surface area contributed by atoms with E-state index in [9.17, 15) is 0 Å². The first-order valence-corrected chi connectivity index (χ1v) is 4.75. The number of nitrogens with two attached hydrogens (primary N) is 1. The van der Waals surface area contributed by atoms with Crippen molar-refractivity contribution >= 4 is 5.69 Å². The fourth-order valence-electron chi connectivity index (χ4n) is 1.45. The van der Waals surface area contributed by atoms with Crippen LogP contribution in [0.4, 0.5) is 5.69 Å². The van der Waals surface area contributed by atoms with E-state index in [2.05, 4.69) is 30.7 Å². The number of anilines is 1. The summed E-state index contributed by atoms with van der Waals surface area (Å²) < 4.78 is 0. The van der Waals surface area contributed by atoms with E-state index in [0.29, 0.717) is 0 Å². The van der Waals surface area contributed by atoms with Crippen LogP contribution in [0.15, 0.2) is 36.4 Å². The lowest BCUT2D eigenvalue weighted by atomic mass is 10.2. The number of benzene rings is 1. The number of hydrogen-bond donors (Lipinski definition) is 1. The summed E-state index contributed by atoms with van der Waals surface area (Å²) in [6.07, 6.45) is 0. The Hall–Kier alpha value is -1.28. The molecule has 2 nitrogen and oxygen atoms in total. The van der Waals surface area contributed by atoms with Crippen molar-refractivity contribution < 1.29 is 0 Å². The van der Waals surface area contributed by atoms with Crippen LogP contribution < -0.4 is 5.73 Å². The van der Waals surface area contributed by atoms with Gasteiger partial charge < -0.3 is 5.73 Å². The highest BCUT2D eigenvalue weighted by atomic mass is 15.1. The minimum Gasteiger partial charge on any atom is -0.399 e. The Bertz CT molecular complexity index is 301. The normalized spacial score (nSPS) is 10.5. The fourth-order valence-corrected chi connectivity index (χ4v) is 1.45. The van der Waals surface area contributed by atoms with E-state index in [1.54, 1.807) is 0 Å². The van der Waals surface area contributed by atoms with Gasteiger partial charge in [0.1, 0.15) is 0 Å². The molecule has 1 aromatic carbocycles. The standard InChI is InChI=1S/C12H18N2/c1-10(2)8-14(3)9-11-4-6-12(13)7-5-11/h4-7H,1,8-9,13H2,2-3H3. The zero-order valence-electron chi connectivity index (χ0n) is 8.96. The summed E-state index contributed by atoms with van der Waals surface area (Å²) in [5, 5.41) is 0. The van der Waals surface area contributed by atoms with E-state index in [-0.39, 0.29) is 0 Å². The monoisotopic (exact) mass is 190 g/mol. The molecule has 2 N–H and O–H groups in total. The average Bonchev–Trinajstić information content (AvgIpc) is 2.07. The van der Waals surface area contributed by atoms with Crippen LogP contribution in [0.1, 0.15) is 12.5 Å². The minimum absolute atomic E-state index is 0.816. The van der Waals surface area contributed by atoms with E-state index < -0.39 is 0 Å². The molecule has 0 bridgehead atoms. The summed E-state index contributed by atoms with van der Waals surface area (Å²) in [5.41, 5.74) is 8.89. The Morgan fingerprint density at radius 2 is 1.93 bits per heavy atom. The summed E-state index contributed by atoms with van der Waals surface area (Å²) in [7, 11) is 2.09. The van der Waals surface area contributed by atoms with Gasteiger partial charge in [-0.1, -0.05) is 24.3 Å². The number of nitrogen functional groups attached to an aromatic ring is 1. The molecule has 76 valence electrons. The molecular formula is C12H18N2. The third kappa shape index (κ3) is 3.62. The maximum absolute atomic E-state index is 5.61. The molecule has 2 heteroatoms. The zero-order chi connectivity index (χ0) is 10.6. The van der Waals surface area contributed by atoms with Crippen molar-refractivity contribution in [2.45, 2.75) is 13.5 Å². The SMILES string of the molecule is C=C(C)CN(C)Cc1ccc(N)cc1. The van der Waals surface area contributed by atoms with E-state index >= 15 is 0 Å². The van der Waals surface area contributed by atoms with Crippen molar-refractivity contribution in [3.8, 4) is 0 Å². The van der Waals surface area contributed by atoms with Crippen molar-refractivity contribution in [3.63, 3.8) is 0 Å². The van der Waals surface area contributed by atoms with Crippen LogP contribution in [0.2, 0.25) is 0 Å². The van der Waals surface area contributed by atoms with Gasteiger partial charge in [0.25, 0.3) is 0 Å². The molecule has 0 radical (unpaired) electrons. The first-order chi connectivity index (χ1) is 6.58. The second kappa shape index (κ2) is 4.82. The quantitative estimate of drug-likeness (QED) is 0.583. The summed E-state index contributed by atoms with van der Waals surface area (Å²) >= 11 is 0. The van der Waals surface area contributed by atoms with Crippen LogP contribution in [-0.2, 0) is 6.54 Å². The molecule has 0 atom stereocenters. The summed E-state index contributed by atoms with van der Waals surface area (Å²) in [4.78, 5) is 2.23. The number of hydrogen-bond acceptors (Lipinski definition) is 2. The Kier molecular flexibility index (Phi) is 3.72. The highest BCUT2D eigenvalue weighted by Gasteiger charge is 1.99. The second-order valence-corrected chi connectivity index (χ2v) is 3.87. The molecular weight excluding hydrogens is 172 g/mol. The van der Waals surface area contributed by atoms with Gasteiger partial charge in [-0.2, -0.15) is 0 Å². The minimum atomic E-state index is 0.816. The predicted molar refractivity (Wildman–Crippen MR) is 62.0 cm³/mol. The second-order valence-electron chi connectivity index (χ2n) is 3.87. The maximum atomic E-state index is 5.61. The van der Waals surface area contributed by atoms with Crippen molar-refractivity contribution in [1.29, 1.82) is 0 Å². The molecule has 14 heavy (non-hydrogen) atoms. The van der Waals surface area contributed by atoms with Crippen LogP contribution in [-0.4, -0.2) is 18.5 Å². The number of nitrogens with zero attached hydrogens (tertiary/aromatic N) is 1. The third-order valence-electron chi connectivity index (χ3n) is 1.97. The van der Waals surface area contributed by atoms with Gasteiger partial charge in [0.05, 0.1) is 0 Å². The summed E-state index contributed by atoms with van der Waals surface area (Å²) in [6.45, 7) is 7.80. The Labute approximate surface area is 86.0 Å². The van der Waals surface area contributed by atoms with Crippen LogP contribution in [0.5, 0.6) is 0 Å². The van der Waals surface area contributed by atoms with Gasteiger partial charge >= 0.3 is 0 Å². The Morgan fingerprint density at radius 1 is 1.36 bits per heavy atom. The molecule has 0 aromatic heterocycles. The van der Waals surface area contributed by atoms with Crippen LogP contribution >= 0.6 is 0 Å². The first kappa shape index (κ1) is 10.8. The molecule has 0 spiro atoms. The van der Waals surface area contributed by atoms with E-state index in [1.165, 1.54) is 11.1 Å². The lowest BCUT2D eigenvalue weighted by Gasteiger charge is -2.16. The van der Waals surface area contributed by atoms with Gasteiger partial charge in [-0.3, -0.25) is 4.90 Å². The topological polar surface area (TPSA) is 29.3 Å². The van der Waals surface area contributed by atoms with Gasteiger partial charge in [0.15, 0.2) is 0 Å². The van der Waals surface area contributed by atoms with E-state index in [0.717, 1.165) is 18.8 Å². The van der Waals surface area contributed by atoms with Crippen molar-refractivity contribution in [2.24, 2.45) is 0 Å². The largest absolute Gasteiger partial charge is 0.399 e. The molecule has 0 saturated carbocycles. The lowest BCUT2D eigenvalue weighted by molar-refractivity contribution is 0.355. The van der Waals surface area contributed by atoms with Gasteiger partial charge in [0, 0.05) is 18.8 Å². The van der Waals surface area contributed by atoms with Gasteiger partial charge in [0.2, 0.25) is 0 Å². The fraction of sp³-hybridized carbons (Fsp3) is 0.333. The van der Waals surface area contributed by atoms with Gasteiger partial charge in [-0.05, 0) is 31.7 Å². The zero-order valence-corrected chi connectivity index (χ0v) is 8.96. The maximum Gasteiger partial charge on any atom is 0.0314 e. The molecule has 1 aromatic rings. The highest BCUT2D eigenvalue weighted by molar-refractivity contribution is 5.39. The lowest BCUT2D eigenvalue weighted by Crippen LogP contribution is -2.19. The molecule has 0 aliphatic carbocycles. The number of likely N-dealkylation sites (N-methyl/N-ethyl adjacent to an activating group) is 1. The molecule has 1 rings (SSSR count). The third-order valence-corrected chi connectivity index (χ3v) is 1.97. The van der Waals surface area contributed by atoms with E-state index in [4.69, 9.17) is 5.73 Å². The average molecular weight is 190 g/mol. The van der Waals surface area contributed by atoms with Crippen molar-refractivity contribution in [1.82, 2.24) is 4.90 Å². The summed E-state index contributed by atoms with van der Waals surface area (Å²) in [6, 6.07) is 7.99. The number of rotatable bonds is 4. The van der Waals surface area contributed by atoms with Crippen LogP contribution in [0.3, 0.4) is 0 Å². The summed E-state index contributed by atoms with van der Waals surface area (Å²) in [5.74, 6) is 0. The Morgan fingerprint density at radius 3 is 2.43 bits per heavy atom. The molecule has 0 aliphatic heterocycles. The first-order valence-electron chi connectivity index (χ1n) is 4.75. The molecule has 0 heterocycles.